The maximum absolute atomic E-state index is 8.94. The second-order valence-electron chi connectivity index (χ2n) is 11.6. The molecule has 8 nitrogen and oxygen atoms in total. The number of phenols is 4. The van der Waals surface area contributed by atoms with Crippen LogP contribution in [0.2, 0.25) is 0 Å². The van der Waals surface area contributed by atoms with E-state index in [4.69, 9.17) is 20.4 Å². The Morgan fingerprint density at radius 1 is 0.308 bits per heavy atom. The van der Waals surface area contributed by atoms with E-state index >= 15 is 0 Å². The first-order chi connectivity index (χ1) is 25.0. The van der Waals surface area contributed by atoms with Gasteiger partial charge in [-0.25, -0.2) is 0 Å². The minimum atomic E-state index is 0.134. The lowest BCUT2D eigenvalue weighted by Gasteiger charge is -2.01. The summed E-state index contributed by atoms with van der Waals surface area (Å²) in [4.78, 5) is 16.6. The molecule has 0 saturated carbocycles. The summed E-state index contributed by atoms with van der Waals surface area (Å²) in [6.07, 6.45) is 7.23. The van der Waals surface area contributed by atoms with Gasteiger partial charge in [0.15, 0.2) is 0 Å². The van der Waals surface area contributed by atoms with E-state index in [2.05, 4.69) is 44.2 Å². The van der Waals surface area contributed by atoms with Gasteiger partial charge in [0.25, 0.3) is 0 Å². The standard InChI is InChI=1S/2C11H9N.C8H12N2.2C7H8O2/c2*1-2-4-10(5-3-1)11-6-8-12-9-7-11;1-5-6(2)10-8(4)7(3)9-5;2*1-5-6(8)3-2-4-7(5)9/h2*1-9H;1-4H3;2*2-4,8-9H,1H3. The smallest absolute Gasteiger partial charge is 0.122 e. The number of aromatic nitrogens is 4. The molecule has 3 aromatic heterocycles. The van der Waals surface area contributed by atoms with Gasteiger partial charge in [-0.15, -0.1) is 0 Å². The van der Waals surface area contributed by atoms with Crippen molar-refractivity contribution in [3.8, 4) is 45.3 Å². The van der Waals surface area contributed by atoms with Gasteiger partial charge in [0, 0.05) is 35.9 Å². The lowest BCUT2D eigenvalue weighted by molar-refractivity contribution is 0.442. The van der Waals surface area contributed by atoms with E-state index in [9.17, 15) is 0 Å². The molecule has 0 radical (unpaired) electrons. The molecule has 3 heterocycles. The van der Waals surface area contributed by atoms with Crippen LogP contribution < -0.4 is 0 Å². The van der Waals surface area contributed by atoms with Crippen molar-refractivity contribution in [3.63, 3.8) is 0 Å². The molecule has 52 heavy (non-hydrogen) atoms. The Morgan fingerprint density at radius 3 is 0.808 bits per heavy atom. The first kappa shape index (κ1) is 39.9. The van der Waals surface area contributed by atoms with Crippen LogP contribution in [0.3, 0.4) is 0 Å². The van der Waals surface area contributed by atoms with Crippen LogP contribution >= 0.6 is 0 Å². The zero-order valence-corrected chi connectivity index (χ0v) is 30.4. The van der Waals surface area contributed by atoms with E-state index in [0.29, 0.717) is 11.1 Å². The van der Waals surface area contributed by atoms with Gasteiger partial charge in [-0.1, -0.05) is 72.8 Å². The minimum Gasteiger partial charge on any atom is -0.508 e. The van der Waals surface area contributed by atoms with Crippen LogP contribution in [0.25, 0.3) is 22.3 Å². The number of rotatable bonds is 2. The molecule has 8 heteroatoms. The molecule has 266 valence electrons. The van der Waals surface area contributed by atoms with E-state index in [1.807, 2.05) is 113 Å². The number of aryl methyl sites for hydroxylation is 4. The van der Waals surface area contributed by atoms with Gasteiger partial charge < -0.3 is 20.4 Å². The maximum atomic E-state index is 8.94. The van der Waals surface area contributed by atoms with E-state index in [1.54, 1.807) is 26.0 Å². The Hall–Kier alpha value is -6.54. The van der Waals surface area contributed by atoms with Crippen molar-refractivity contribution in [3.05, 3.63) is 180 Å². The molecule has 0 bridgehead atoms. The van der Waals surface area contributed by atoms with Gasteiger partial charge in [-0.3, -0.25) is 19.9 Å². The molecule has 0 unspecified atom stereocenters. The number of pyridine rings is 2. The number of phenolic OH excluding ortho intramolecular Hbond substituents is 4. The summed E-state index contributed by atoms with van der Waals surface area (Å²) in [5.41, 5.74) is 10.1. The second-order valence-corrected chi connectivity index (χ2v) is 11.6. The predicted molar refractivity (Wildman–Crippen MR) is 209 cm³/mol. The van der Waals surface area contributed by atoms with Crippen molar-refractivity contribution in [2.45, 2.75) is 41.5 Å². The average Bonchev–Trinajstić information content (AvgIpc) is 3.18. The molecule has 7 rings (SSSR count). The lowest BCUT2D eigenvalue weighted by atomic mass is 10.1. The number of aromatic hydroxyl groups is 4. The summed E-state index contributed by atoms with van der Waals surface area (Å²) in [6.45, 7) is 11.2. The highest BCUT2D eigenvalue weighted by molar-refractivity contribution is 5.63. The molecule has 4 aromatic carbocycles. The largest absolute Gasteiger partial charge is 0.508 e. The highest BCUT2D eigenvalue weighted by atomic mass is 16.3. The minimum absolute atomic E-state index is 0.134. The van der Waals surface area contributed by atoms with Gasteiger partial charge >= 0.3 is 0 Å². The van der Waals surface area contributed by atoms with Crippen LogP contribution in [0.15, 0.2) is 146 Å². The summed E-state index contributed by atoms with van der Waals surface area (Å²) in [6, 6.07) is 37.9. The van der Waals surface area contributed by atoms with Crippen LogP contribution in [0.4, 0.5) is 0 Å². The van der Waals surface area contributed by atoms with Gasteiger partial charge in [0.2, 0.25) is 0 Å². The van der Waals surface area contributed by atoms with E-state index < -0.39 is 0 Å². The second kappa shape index (κ2) is 20.9. The molecular formula is C44H46N4O4. The van der Waals surface area contributed by atoms with Crippen LogP contribution in [0.1, 0.15) is 33.9 Å². The Bertz CT molecular complexity index is 1790. The molecule has 0 amide bonds. The first-order valence-electron chi connectivity index (χ1n) is 16.6. The number of benzene rings is 4. The summed E-state index contributed by atoms with van der Waals surface area (Å²) in [5, 5.41) is 35.8. The van der Waals surface area contributed by atoms with Crippen molar-refractivity contribution in [2.24, 2.45) is 0 Å². The van der Waals surface area contributed by atoms with Crippen LogP contribution in [0.5, 0.6) is 23.0 Å². The van der Waals surface area contributed by atoms with Gasteiger partial charge in [-0.05, 0) is 112 Å². The fourth-order valence-electron chi connectivity index (χ4n) is 4.40. The average molecular weight is 695 g/mol. The highest BCUT2D eigenvalue weighted by Gasteiger charge is 2.00. The first-order valence-corrected chi connectivity index (χ1v) is 16.6. The van der Waals surface area contributed by atoms with Crippen LogP contribution in [0, 0.1) is 41.5 Å². The number of nitrogens with zero attached hydrogens (tertiary/aromatic N) is 4. The van der Waals surface area contributed by atoms with E-state index in [0.717, 1.165) is 22.8 Å². The summed E-state index contributed by atoms with van der Waals surface area (Å²) in [5.74, 6) is 0.537. The lowest BCUT2D eigenvalue weighted by Crippen LogP contribution is -1.97. The molecule has 0 spiro atoms. The summed E-state index contributed by atoms with van der Waals surface area (Å²) in [7, 11) is 0. The Morgan fingerprint density at radius 2 is 0.558 bits per heavy atom. The zero-order valence-electron chi connectivity index (χ0n) is 30.4. The fraction of sp³-hybridized carbons (Fsp3) is 0.136. The quantitative estimate of drug-likeness (QED) is 0.141. The summed E-state index contributed by atoms with van der Waals surface area (Å²) < 4.78 is 0. The Balaban J connectivity index is 0.000000176. The zero-order chi connectivity index (χ0) is 37.9. The predicted octanol–water partition coefficient (Wildman–Crippen LogP) is 10.0. The monoisotopic (exact) mass is 694 g/mol. The van der Waals surface area contributed by atoms with Gasteiger partial charge in [0.05, 0.1) is 22.8 Å². The molecule has 0 atom stereocenters. The third-order valence-corrected chi connectivity index (χ3v) is 7.85. The number of hydrogen-bond donors (Lipinski definition) is 4. The fourth-order valence-corrected chi connectivity index (χ4v) is 4.40. The van der Waals surface area contributed by atoms with Gasteiger partial charge in [0.1, 0.15) is 23.0 Å². The Labute approximate surface area is 306 Å². The summed E-state index contributed by atoms with van der Waals surface area (Å²) >= 11 is 0. The van der Waals surface area contributed by atoms with Crippen LogP contribution in [-0.4, -0.2) is 40.4 Å². The molecule has 4 N–H and O–H groups in total. The highest BCUT2D eigenvalue weighted by Crippen LogP contribution is 2.25. The number of hydrogen-bond acceptors (Lipinski definition) is 8. The third kappa shape index (κ3) is 13.1. The van der Waals surface area contributed by atoms with Crippen molar-refractivity contribution in [2.75, 3.05) is 0 Å². The van der Waals surface area contributed by atoms with Crippen molar-refractivity contribution in [1.82, 2.24) is 19.9 Å². The van der Waals surface area contributed by atoms with Crippen molar-refractivity contribution >= 4 is 0 Å². The van der Waals surface area contributed by atoms with Crippen LogP contribution in [-0.2, 0) is 0 Å². The van der Waals surface area contributed by atoms with Gasteiger partial charge in [-0.2, -0.15) is 0 Å². The normalized spacial score (nSPS) is 9.65. The molecule has 0 aliphatic rings. The van der Waals surface area contributed by atoms with E-state index in [-0.39, 0.29) is 23.0 Å². The third-order valence-electron chi connectivity index (χ3n) is 7.85. The molecule has 0 aliphatic heterocycles. The molecule has 0 fully saturated rings. The topological polar surface area (TPSA) is 132 Å². The molecule has 7 aromatic rings. The Kier molecular flexibility index (Phi) is 16.0. The van der Waals surface area contributed by atoms with Crippen molar-refractivity contribution in [1.29, 1.82) is 0 Å². The van der Waals surface area contributed by atoms with Crippen molar-refractivity contribution < 1.29 is 20.4 Å². The van der Waals surface area contributed by atoms with E-state index in [1.165, 1.54) is 46.5 Å². The molecule has 0 saturated heterocycles. The molecule has 0 aliphatic carbocycles. The maximum Gasteiger partial charge on any atom is 0.122 e. The molecular weight excluding hydrogens is 649 g/mol. The SMILES string of the molecule is Cc1c(O)cccc1O.Cc1c(O)cccc1O.Cc1nc(C)c(C)nc1C.c1ccc(-c2ccncc2)cc1.c1ccc(-c2ccncc2)cc1.